The van der Waals surface area contributed by atoms with E-state index in [1.807, 2.05) is 52.0 Å². The first-order chi connectivity index (χ1) is 17.4. The summed E-state index contributed by atoms with van der Waals surface area (Å²) in [7, 11) is 2.08. The highest BCUT2D eigenvalue weighted by molar-refractivity contribution is 7.22. The van der Waals surface area contributed by atoms with Gasteiger partial charge in [-0.2, -0.15) is 5.10 Å². The molecule has 37 heavy (non-hydrogen) atoms. The fourth-order valence-corrected chi connectivity index (χ4v) is 6.56. The van der Waals surface area contributed by atoms with E-state index in [0.29, 0.717) is 5.02 Å². The molecule has 1 N–H and O–H groups in total. The van der Waals surface area contributed by atoms with E-state index in [4.69, 9.17) is 21.3 Å². The molecule has 1 atom stereocenters. The zero-order chi connectivity index (χ0) is 26.6. The van der Waals surface area contributed by atoms with E-state index in [0.717, 1.165) is 57.1 Å². The molecule has 0 radical (unpaired) electrons. The average molecular weight is 538 g/mol. The highest BCUT2D eigenvalue weighted by atomic mass is 35.5. The van der Waals surface area contributed by atoms with Crippen molar-refractivity contribution in [1.29, 1.82) is 0 Å². The van der Waals surface area contributed by atoms with Gasteiger partial charge in [0, 0.05) is 22.7 Å². The van der Waals surface area contributed by atoms with E-state index in [2.05, 4.69) is 34.7 Å². The number of hydrogen-bond acceptors (Lipinski definition) is 5. The number of thiazole rings is 1. The van der Waals surface area contributed by atoms with Crippen LogP contribution in [-0.2, 0) is 29.5 Å². The van der Waals surface area contributed by atoms with Crippen LogP contribution in [0.5, 0.6) is 0 Å². The number of fused-ring (bicyclic) bond motifs is 2. The standard InChI is InChI=1S/C29H33ClN4O2S/c1-16-14-22-27(37-28(31-22)34-13-12-23-21(15-34)17(2)32-33(23)7)25(19-8-10-20(30)11-9-19)24(16)26(18(3)35)36-29(4,5)6/h8-11,14,26H,12-13,15H2,1-7H3/p+1/t26-/m1/s1. The van der Waals surface area contributed by atoms with Crippen molar-refractivity contribution in [3.8, 4) is 11.1 Å². The van der Waals surface area contributed by atoms with Crippen molar-refractivity contribution in [2.24, 2.45) is 7.05 Å². The molecule has 8 heteroatoms. The predicted molar refractivity (Wildman–Crippen MR) is 151 cm³/mol. The minimum Gasteiger partial charge on any atom is -0.360 e. The zero-order valence-electron chi connectivity index (χ0n) is 22.5. The molecule has 2 aromatic heterocycles. The average Bonchev–Trinajstić information content (AvgIpc) is 3.37. The summed E-state index contributed by atoms with van der Waals surface area (Å²) in [6, 6.07) is 9.92. The first-order valence-corrected chi connectivity index (χ1v) is 13.8. The molecule has 0 amide bonds. The Labute approximate surface area is 227 Å². The van der Waals surface area contributed by atoms with Gasteiger partial charge in [-0.05, 0) is 70.9 Å². The maximum Gasteiger partial charge on any atom is 0.214 e. The van der Waals surface area contributed by atoms with E-state index in [1.165, 1.54) is 17.0 Å². The van der Waals surface area contributed by atoms with Crippen molar-refractivity contribution < 1.29 is 14.2 Å². The van der Waals surface area contributed by atoms with Crippen LogP contribution in [0.25, 0.3) is 21.3 Å². The van der Waals surface area contributed by atoms with Gasteiger partial charge in [-0.15, -0.1) is 4.68 Å². The Hall–Kier alpha value is -2.74. The van der Waals surface area contributed by atoms with Crippen LogP contribution in [0.1, 0.15) is 61.9 Å². The minimum atomic E-state index is -0.680. The maximum atomic E-state index is 13.0. The Morgan fingerprint density at radius 2 is 1.95 bits per heavy atom. The van der Waals surface area contributed by atoms with Crippen LogP contribution < -0.4 is 9.58 Å². The van der Waals surface area contributed by atoms with Crippen molar-refractivity contribution in [1.82, 2.24) is 10.1 Å². The molecule has 0 saturated carbocycles. The highest BCUT2D eigenvalue weighted by Gasteiger charge is 2.32. The Bertz CT molecular complexity index is 1500. The molecule has 1 aliphatic rings. The van der Waals surface area contributed by atoms with Crippen molar-refractivity contribution in [2.45, 2.75) is 66.2 Å². The van der Waals surface area contributed by atoms with Crippen LogP contribution in [0.3, 0.4) is 0 Å². The fraction of sp³-hybridized carbons (Fsp3) is 0.414. The number of rotatable bonds is 5. The molecular weight excluding hydrogens is 504 g/mol. The fourth-order valence-electron chi connectivity index (χ4n) is 5.28. The molecule has 0 bridgehead atoms. The third-order valence-corrected chi connectivity index (χ3v) is 8.33. The number of carbonyl (C=O) groups excluding carboxylic acids is 1. The molecule has 5 rings (SSSR count). The Morgan fingerprint density at radius 3 is 2.59 bits per heavy atom. The number of halogens is 1. The molecule has 0 aliphatic carbocycles. The molecule has 6 nitrogen and oxygen atoms in total. The van der Waals surface area contributed by atoms with Crippen LogP contribution in [0, 0.1) is 13.8 Å². The molecule has 1 aliphatic heterocycles. The number of ether oxygens (including phenoxy) is 1. The van der Waals surface area contributed by atoms with Gasteiger partial charge in [0.05, 0.1) is 40.0 Å². The lowest BCUT2D eigenvalue weighted by Crippen LogP contribution is -2.40. The predicted octanol–water partition coefficient (Wildman–Crippen LogP) is 6.39. The van der Waals surface area contributed by atoms with Crippen molar-refractivity contribution >= 4 is 44.1 Å². The molecule has 4 aromatic rings. The summed E-state index contributed by atoms with van der Waals surface area (Å²) in [4.78, 5) is 20.4. The summed E-state index contributed by atoms with van der Waals surface area (Å²) < 4.78 is 9.56. The van der Waals surface area contributed by atoms with Gasteiger partial charge in [0.1, 0.15) is 6.10 Å². The largest absolute Gasteiger partial charge is 0.360 e. The summed E-state index contributed by atoms with van der Waals surface area (Å²) in [5, 5.41) is 5.09. The van der Waals surface area contributed by atoms with Gasteiger partial charge in [-0.3, -0.25) is 4.79 Å². The topological polar surface area (TPSA) is 62.1 Å². The van der Waals surface area contributed by atoms with E-state index >= 15 is 0 Å². The number of hydrogen-bond donors (Lipinski definition) is 1. The SMILES string of the molecule is CC(=O)[C@@H](OC(C)(C)C)c1c(C)cc2nc(N3CCc4c(c(C)[nH][n+]4C)C3)sc2c1-c1ccc(Cl)cc1. The van der Waals surface area contributed by atoms with Gasteiger partial charge in [0.15, 0.2) is 18.0 Å². The van der Waals surface area contributed by atoms with E-state index < -0.39 is 11.7 Å². The summed E-state index contributed by atoms with van der Waals surface area (Å²) in [5.41, 5.74) is 8.26. The first-order valence-electron chi connectivity index (χ1n) is 12.6. The van der Waals surface area contributed by atoms with Gasteiger partial charge >= 0.3 is 0 Å². The van der Waals surface area contributed by atoms with Gasteiger partial charge in [-0.1, -0.05) is 35.1 Å². The van der Waals surface area contributed by atoms with E-state index in [1.54, 1.807) is 18.3 Å². The second-order valence-electron chi connectivity index (χ2n) is 10.9. The molecule has 0 fully saturated rings. The first kappa shape index (κ1) is 25.9. The molecule has 0 unspecified atom stereocenters. The lowest BCUT2D eigenvalue weighted by atomic mass is 9.90. The summed E-state index contributed by atoms with van der Waals surface area (Å²) in [6.45, 7) is 13.5. The summed E-state index contributed by atoms with van der Waals surface area (Å²) >= 11 is 7.94. The normalized spacial score (nSPS) is 14.8. The molecule has 0 spiro atoms. The van der Waals surface area contributed by atoms with Crippen molar-refractivity contribution in [3.63, 3.8) is 0 Å². The molecule has 194 valence electrons. The van der Waals surface area contributed by atoms with Crippen LogP contribution in [-0.4, -0.2) is 28.0 Å². The number of aryl methyl sites for hydroxylation is 3. The Morgan fingerprint density at radius 1 is 1.24 bits per heavy atom. The number of Topliss-reactive ketones (excluding diaryl/α,β-unsaturated/α-hetero) is 1. The summed E-state index contributed by atoms with van der Waals surface area (Å²) in [5.74, 6) is -0.0170. The Kier molecular flexibility index (Phi) is 6.67. The maximum absolute atomic E-state index is 13.0. The number of aromatic amines is 1. The molecular formula is C29H34ClN4O2S+. The minimum absolute atomic E-state index is 0.0170. The van der Waals surface area contributed by atoms with Crippen LogP contribution in [0.2, 0.25) is 5.02 Å². The van der Waals surface area contributed by atoms with Crippen molar-refractivity contribution in [3.05, 3.63) is 63.4 Å². The van der Waals surface area contributed by atoms with Gasteiger partial charge in [-0.25, -0.2) is 4.98 Å². The lowest BCUT2D eigenvalue weighted by Gasteiger charge is -2.29. The van der Waals surface area contributed by atoms with Gasteiger partial charge in [0.25, 0.3) is 0 Å². The molecule has 2 aromatic carbocycles. The van der Waals surface area contributed by atoms with E-state index in [-0.39, 0.29) is 5.78 Å². The number of carbonyl (C=O) groups is 1. The highest BCUT2D eigenvalue weighted by Crippen LogP contribution is 2.45. The lowest BCUT2D eigenvalue weighted by molar-refractivity contribution is -0.734. The number of H-pyrrole nitrogens is 1. The van der Waals surface area contributed by atoms with Crippen LogP contribution in [0.4, 0.5) is 5.13 Å². The third-order valence-electron chi connectivity index (χ3n) is 6.93. The van der Waals surface area contributed by atoms with Crippen molar-refractivity contribution in [2.75, 3.05) is 11.4 Å². The van der Waals surface area contributed by atoms with Crippen LogP contribution >= 0.6 is 22.9 Å². The smallest absolute Gasteiger partial charge is 0.214 e. The number of nitrogens with one attached hydrogen (secondary N) is 1. The second-order valence-corrected chi connectivity index (χ2v) is 12.4. The number of ketones is 1. The second kappa shape index (κ2) is 9.53. The van der Waals surface area contributed by atoms with E-state index in [9.17, 15) is 4.79 Å². The molecule has 3 heterocycles. The van der Waals surface area contributed by atoms with Gasteiger partial charge < -0.3 is 9.64 Å². The third kappa shape index (κ3) is 4.92. The number of anilines is 1. The summed E-state index contributed by atoms with van der Waals surface area (Å²) in [6.07, 6.45) is 0.285. The Balaban J connectivity index is 1.69. The zero-order valence-corrected chi connectivity index (χ0v) is 24.1. The number of aromatic nitrogens is 3. The monoisotopic (exact) mass is 537 g/mol. The van der Waals surface area contributed by atoms with Crippen LogP contribution in [0.15, 0.2) is 30.3 Å². The molecule has 0 saturated heterocycles. The quantitative estimate of drug-likeness (QED) is 0.299. The number of benzene rings is 2. The number of nitrogens with zero attached hydrogens (tertiary/aromatic N) is 3. The van der Waals surface area contributed by atoms with Gasteiger partial charge in [0.2, 0.25) is 5.69 Å².